The van der Waals surface area contributed by atoms with Gasteiger partial charge in [0.1, 0.15) is 5.82 Å². The van der Waals surface area contributed by atoms with Crippen molar-refractivity contribution < 1.29 is 9.13 Å². The third kappa shape index (κ3) is 2.60. The highest BCUT2D eigenvalue weighted by Crippen LogP contribution is 2.23. The van der Waals surface area contributed by atoms with Gasteiger partial charge in [-0.3, -0.25) is 0 Å². The first-order chi connectivity index (χ1) is 7.69. The van der Waals surface area contributed by atoms with Crippen LogP contribution >= 0.6 is 0 Å². The molecule has 0 amide bonds. The molecule has 2 nitrogen and oxygen atoms in total. The predicted octanol–water partition coefficient (Wildman–Crippen LogP) is 2.18. The normalized spacial score (nSPS) is 24.9. The van der Waals surface area contributed by atoms with Gasteiger partial charge in [0.15, 0.2) is 0 Å². The van der Waals surface area contributed by atoms with E-state index < -0.39 is 0 Å². The van der Waals surface area contributed by atoms with E-state index >= 15 is 0 Å². The smallest absolute Gasteiger partial charge is 0.123 e. The van der Waals surface area contributed by atoms with Crippen molar-refractivity contribution in [2.75, 3.05) is 6.54 Å². The first-order valence-corrected chi connectivity index (χ1v) is 5.79. The molecule has 0 spiro atoms. The minimum absolute atomic E-state index is 0.172. The number of benzene rings is 1. The molecule has 0 aromatic heterocycles. The van der Waals surface area contributed by atoms with Gasteiger partial charge < -0.3 is 10.5 Å². The van der Waals surface area contributed by atoms with E-state index in [9.17, 15) is 4.39 Å². The van der Waals surface area contributed by atoms with Gasteiger partial charge in [-0.1, -0.05) is 6.07 Å². The van der Waals surface area contributed by atoms with Crippen LogP contribution in [0.25, 0.3) is 0 Å². The van der Waals surface area contributed by atoms with E-state index in [2.05, 4.69) is 0 Å². The van der Waals surface area contributed by atoms with E-state index in [1.807, 2.05) is 13.0 Å². The second kappa shape index (κ2) is 4.93. The van der Waals surface area contributed by atoms with Crippen LogP contribution in [0, 0.1) is 12.7 Å². The number of ether oxygens (including phenoxy) is 1. The third-order valence-electron chi connectivity index (χ3n) is 3.22. The van der Waals surface area contributed by atoms with Crippen molar-refractivity contribution in [3.05, 3.63) is 35.1 Å². The molecule has 0 radical (unpaired) electrons. The van der Waals surface area contributed by atoms with Crippen molar-refractivity contribution in [1.82, 2.24) is 0 Å². The van der Waals surface area contributed by atoms with Crippen LogP contribution in [0.5, 0.6) is 0 Å². The van der Waals surface area contributed by atoms with Crippen LogP contribution in [0.3, 0.4) is 0 Å². The van der Waals surface area contributed by atoms with Crippen LogP contribution < -0.4 is 5.73 Å². The predicted molar refractivity (Wildman–Crippen MR) is 61.8 cm³/mol. The van der Waals surface area contributed by atoms with Gasteiger partial charge in [-0.15, -0.1) is 0 Å². The number of hydrogen-bond acceptors (Lipinski definition) is 2. The molecule has 2 unspecified atom stereocenters. The highest BCUT2D eigenvalue weighted by atomic mass is 19.1. The fraction of sp³-hybridized carbons (Fsp3) is 0.538. The van der Waals surface area contributed by atoms with E-state index in [0.717, 1.165) is 30.4 Å². The summed E-state index contributed by atoms with van der Waals surface area (Å²) in [6, 6.07) is 4.92. The molecule has 1 saturated heterocycles. The zero-order valence-corrected chi connectivity index (χ0v) is 9.58. The molecule has 88 valence electrons. The van der Waals surface area contributed by atoms with Gasteiger partial charge in [-0.25, -0.2) is 4.39 Å². The molecular weight excluding hydrogens is 205 g/mol. The first-order valence-electron chi connectivity index (χ1n) is 5.79. The summed E-state index contributed by atoms with van der Waals surface area (Å²) in [7, 11) is 0. The van der Waals surface area contributed by atoms with Gasteiger partial charge in [-0.2, -0.15) is 0 Å². The molecule has 3 heteroatoms. The average Bonchev–Trinajstić information content (AvgIpc) is 2.71. The largest absolute Gasteiger partial charge is 0.373 e. The summed E-state index contributed by atoms with van der Waals surface area (Å²) >= 11 is 0. The molecule has 2 rings (SSSR count). The zero-order chi connectivity index (χ0) is 11.5. The number of rotatable bonds is 3. The van der Waals surface area contributed by atoms with Gasteiger partial charge >= 0.3 is 0 Å². The van der Waals surface area contributed by atoms with E-state index in [1.165, 1.54) is 6.07 Å². The van der Waals surface area contributed by atoms with Gasteiger partial charge in [0, 0.05) is 6.54 Å². The van der Waals surface area contributed by atoms with Gasteiger partial charge in [0.25, 0.3) is 0 Å². The van der Waals surface area contributed by atoms with Gasteiger partial charge in [-0.05, 0) is 49.4 Å². The SMILES string of the molecule is Cc1ccc(F)cc1CC1CCC(CN)O1. The van der Waals surface area contributed by atoms with E-state index in [-0.39, 0.29) is 18.0 Å². The Balaban J connectivity index is 2.01. The lowest BCUT2D eigenvalue weighted by Crippen LogP contribution is -2.21. The summed E-state index contributed by atoms with van der Waals surface area (Å²) < 4.78 is 18.9. The maximum absolute atomic E-state index is 13.1. The molecule has 16 heavy (non-hydrogen) atoms. The monoisotopic (exact) mass is 223 g/mol. The zero-order valence-electron chi connectivity index (χ0n) is 9.58. The Morgan fingerprint density at radius 1 is 1.38 bits per heavy atom. The van der Waals surface area contributed by atoms with Crippen LogP contribution in [0.15, 0.2) is 18.2 Å². The molecule has 0 aliphatic carbocycles. The van der Waals surface area contributed by atoms with Crippen LogP contribution in [0.1, 0.15) is 24.0 Å². The van der Waals surface area contributed by atoms with Crippen molar-refractivity contribution in [1.29, 1.82) is 0 Å². The number of nitrogens with two attached hydrogens (primary N) is 1. The van der Waals surface area contributed by atoms with Gasteiger partial charge in [0.05, 0.1) is 12.2 Å². The molecule has 0 bridgehead atoms. The maximum Gasteiger partial charge on any atom is 0.123 e. The quantitative estimate of drug-likeness (QED) is 0.852. The Labute approximate surface area is 95.6 Å². The summed E-state index contributed by atoms with van der Waals surface area (Å²) in [6.45, 7) is 2.59. The third-order valence-corrected chi connectivity index (χ3v) is 3.22. The molecule has 1 heterocycles. The van der Waals surface area contributed by atoms with Crippen molar-refractivity contribution in [2.45, 2.75) is 38.4 Å². The highest BCUT2D eigenvalue weighted by molar-refractivity contribution is 5.27. The lowest BCUT2D eigenvalue weighted by Gasteiger charge is -2.13. The van der Waals surface area contributed by atoms with E-state index in [1.54, 1.807) is 6.07 Å². The number of hydrogen-bond donors (Lipinski definition) is 1. The molecule has 2 N–H and O–H groups in total. The van der Waals surface area contributed by atoms with Crippen LogP contribution in [-0.2, 0) is 11.2 Å². The summed E-state index contributed by atoms with van der Waals surface area (Å²) in [5.74, 6) is -0.172. The molecule has 1 fully saturated rings. The second-order valence-corrected chi connectivity index (χ2v) is 4.47. The van der Waals surface area contributed by atoms with E-state index in [4.69, 9.17) is 10.5 Å². The summed E-state index contributed by atoms with van der Waals surface area (Å²) in [5, 5.41) is 0. The minimum Gasteiger partial charge on any atom is -0.373 e. The second-order valence-electron chi connectivity index (χ2n) is 4.47. The highest BCUT2D eigenvalue weighted by Gasteiger charge is 2.24. The molecule has 1 aromatic carbocycles. The van der Waals surface area contributed by atoms with Crippen molar-refractivity contribution in [3.63, 3.8) is 0 Å². The van der Waals surface area contributed by atoms with Crippen molar-refractivity contribution in [3.8, 4) is 0 Å². The average molecular weight is 223 g/mol. The Hall–Kier alpha value is -0.930. The van der Waals surface area contributed by atoms with E-state index in [0.29, 0.717) is 6.54 Å². The Kier molecular flexibility index (Phi) is 3.56. The molecule has 0 saturated carbocycles. The van der Waals surface area contributed by atoms with Gasteiger partial charge in [0.2, 0.25) is 0 Å². The summed E-state index contributed by atoms with van der Waals surface area (Å²) in [6.07, 6.45) is 3.24. The van der Waals surface area contributed by atoms with Crippen molar-refractivity contribution >= 4 is 0 Å². The molecular formula is C13H18FNO. The Bertz CT molecular complexity index is 367. The number of halogens is 1. The molecule has 1 aliphatic heterocycles. The van der Waals surface area contributed by atoms with Crippen LogP contribution in [0.4, 0.5) is 4.39 Å². The summed E-state index contributed by atoms with van der Waals surface area (Å²) in [5.41, 5.74) is 7.73. The fourth-order valence-electron chi connectivity index (χ4n) is 2.21. The standard InChI is InChI=1S/C13H18FNO/c1-9-2-3-11(14)6-10(9)7-12-4-5-13(8-15)16-12/h2-3,6,12-13H,4-5,7-8,15H2,1H3. The van der Waals surface area contributed by atoms with Crippen LogP contribution in [0.2, 0.25) is 0 Å². The first kappa shape index (κ1) is 11.6. The topological polar surface area (TPSA) is 35.2 Å². The lowest BCUT2D eigenvalue weighted by molar-refractivity contribution is 0.0506. The fourth-order valence-corrected chi connectivity index (χ4v) is 2.21. The lowest BCUT2D eigenvalue weighted by atomic mass is 10.0. The Morgan fingerprint density at radius 3 is 2.81 bits per heavy atom. The summed E-state index contributed by atoms with van der Waals surface area (Å²) in [4.78, 5) is 0. The number of aryl methyl sites for hydroxylation is 1. The van der Waals surface area contributed by atoms with Crippen molar-refractivity contribution in [2.24, 2.45) is 5.73 Å². The molecule has 1 aromatic rings. The Morgan fingerprint density at radius 2 is 2.12 bits per heavy atom. The minimum atomic E-state index is -0.172. The van der Waals surface area contributed by atoms with Crippen LogP contribution in [-0.4, -0.2) is 18.8 Å². The maximum atomic E-state index is 13.1. The molecule has 2 atom stereocenters. The molecule has 1 aliphatic rings.